The highest BCUT2D eigenvalue weighted by Crippen LogP contribution is 2.36. The van der Waals surface area contributed by atoms with Gasteiger partial charge >= 0.3 is 0 Å². The minimum absolute atomic E-state index is 0.0258. The van der Waals surface area contributed by atoms with Crippen LogP contribution < -0.4 is 5.73 Å². The minimum Gasteiger partial charge on any atom is -0.338 e. The van der Waals surface area contributed by atoms with E-state index in [1.54, 1.807) is 12.1 Å². The molecule has 2 fully saturated rings. The Morgan fingerprint density at radius 2 is 2.15 bits per heavy atom. The van der Waals surface area contributed by atoms with E-state index >= 15 is 0 Å². The Hall–Kier alpha value is -0.580. The van der Waals surface area contributed by atoms with E-state index in [4.69, 9.17) is 17.3 Å². The van der Waals surface area contributed by atoms with Crippen LogP contribution in [0.1, 0.15) is 29.6 Å². The van der Waals surface area contributed by atoms with Crippen molar-refractivity contribution in [1.82, 2.24) is 4.90 Å². The fourth-order valence-electron chi connectivity index (χ4n) is 3.51. The number of nitrogens with two attached hydrogens (primary N) is 1. The largest absolute Gasteiger partial charge is 0.338 e. The number of nitrogens with zero attached hydrogens (tertiary/aromatic N) is 1. The van der Waals surface area contributed by atoms with Gasteiger partial charge in [0.05, 0.1) is 10.6 Å². The number of amides is 1. The SMILES string of the molecule is NC1CCCC2CN(C(=O)c3cc(Br)ccc3Cl)CC12. The number of fused-ring (bicyclic) bond motifs is 1. The Kier molecular flexibility index (Phi) is 4.07. The Bertz CT molecular complexity index is 537. The Labute approximate surface area is 132 Å². The summed E-state index contributed by atoms with van der Waals surface area (Å²) in [6.45, 7) is 1.59. The van der Waals surface area contributed by atoms with Crippen LogP contribution >= 0.6 is 27.5 Å². The van der Waals surface area contributed by atoms with Crippen LogP contribution in [0.3, 0.4) is 0 Å². The summed E-state index contributed by atoms with van der Waals surface area (Å²) in [5.74, 6) is 1.05. The van der Waals surface area contributed by atoms with Crippen LogP contribution in [0, 0.1) is 11.8 Å². The highest BCUT2D eigenvalue weighted by molar-refractivity contribution is 9.10. The summed E-state index contributed by atoms with van der Waals surface area (Å²) in [6.07, 6.45) is 3.46. The molecule has 1 aromatic rings. The maximum atomic E-state index is 12.6. The molecule has 3 unspecified atom stereocenters. The molecule has 1 aliphatic carbocycles. The lowest BCUT2D eigenvalue weighted by Crippen LogP contribution is -2.38. The molecule has 1 amide bonds. The second-order valence-electron chi connectivity index (χ2n) is 5.85. The maximum Gasteiger partial charge on any atom is 0.255 e. The Balaban J connectivity index is 1.80. The van der Waals surface area contributed by atoms with Gasteiger partial charge in [0.15, 0.2) is 0 Å². The van der Waals surface area contributed by atoms with Crippen molar-refractivity contribution >= 4 is 33.4 Å². The van der Waals surface area contributed by atoms with Crippen LogP contribution in [0.15, 0.2) is 22.7 Å². The number of rotatable bonds is 1. The van der Waals surface area contributed by atoms with Gasteiger partial charge in [0, 0.05) is 23.6 Å². The van der Waals surface area contributed by atoms with Crippen LogP contribution in [0.2, 0.25) is 5.02 Å². The number of likely N-dealkylation sites (tertiary alicyclic amines) is 1. The van der Waals surface area contributed by atoms with Crippen molar-refractivity contribution in [2.75, 3.05) is 13.1 Å². The second-order valence-corrected chi connectivity index (χ2v) is 7.18. The van der Waals surface area contributed by atoms with E-state index in [0.717, 1.165) is 24.0 Å². The summed E-state index contributed by atoms with van der Waals surface area (Å²) in [4.78, 5) is 14.6. The Morgan fingerprint density at radius 3 is 2.90 bits per heavy atom. The van der Waals surface area contributed by atoms with E-state index < -0.39 is 0 Å². The van der Waals surface area contributed by atoms with Crippen molar-refractivity contribution in [3.8, 4) is 0 Å². The molecule has 3 atom stereocenters. The van der Waals surface area contributed by atoms with E-state index in [0.29, 0.717) is 22.4 Å². The highest BCUT2D eigenvalue weighted by atomic mass is 79.9. The average Bonchev–Trinajstić information content (AvgIpc) is 2.86. The van der Waals surface area contributed by atoms with E-state index in [1.165, 1.54) is 12.8 Å². The molecular formula is C15H18BrClN2O. The molecule has 5 heteroatoms. The fraction of sp³-hybridized carbons (Fsp3) is 0.533. The predicted octanol–water partition coefficient (Wildman–Crippen LogP) is 3.30. The van der Waals surface area contributed by atoms with Crippen LogP contribution in [0.5, 0.6) is 0 Å². The zero-order valence-corrected chi connectivity index (χ0v) is 13.5. The van der Waals surface area contributed by atoms with Crippen molar-refractivity contribution in [3.05, 3.63) is 33.3 Å². The molecule has 1 aliphatic heterocycles. The second kappa shape index (κ2) is 5.66. The fourth-order valence-corrected chi connectivity index (χ4v) is 4.07. The molecule has 0 radical (unpaired) electrons. The molecule has 2 aliphatic rings. The first-order valence-electron chi connectivity index (χ1n) is 7.06. The molecule has 2 N–H and O–H groups in total. The molecule has 0 bridgehead atoms. The lowest BCUT2D eigenvalue weighted by atomic mass is 9.78. The van der Waals surface area contributed by atoms with Crippen molar-refractivity contribution in [2.45, 2.75) is 25.3 Å². The van der Waals surface area contributed by atoms with Gasteiger partial charge < -0.3 is 10.6 Å². The van der Waals surface area contributed by atoms with Gasteiger partial charge in [-0.1, -0.05) is 34.0 Å². The summed E-state index contributed by atoms with van der Waals surface area (Å²) in [7, 11) is 0. The standard InChI is InChI=1S/C15H18BrClN2O/c16-10-4-5-13(17)11(6-10)15(20)19-7-9-2-1-3-14(18)12(9)8-19/h4-6,9,12,14H,1-3,7-8,18H2. The van der Waals surface area contributed by atoms with E-state index in [9.17, 15) is 4.79 Å². The normalized spacial score (nSPS) is 29.4. The molecule has 0 spiro atoms. The number of benzene rings is 1. The molecule has 3 rings (SSSR count). The smallest absolute Gasteiger partial charge is 0.255 e. The summed E-state index contributed by atoms with van der Waals surface area (Å²) in [5.41, 5.74) is 6.78. The third-order valence-corrected chi connectivity index (χ3v) is 5.42. The lowest BCUT2D eigenvalue weighted by molar-refractivity contribution is 0.0783. The van der Waals surface area contributed by atoms with Gasteiger partial charge in [-0.2, -0.15) is 0 Å². The van der Waals surface area contributed by atoms with Crippen molar-refractivity contribution in [1.29, 1.82) is 0 Å². The monoisotopic (exact) mass is 356 g/mol. The van der Waals surface area contributed by atoms with E-state index in [1.807, 2.05) is 11.0 Å². The van der Waals surface area contributed by atoms with Crippen LogP contribution in [-0.4, -0.2) is 29.9 Å². The van der Waals surface area contributed by atoms with Gasteiger partial charge in [-0.05, 0) is 42.9 Å². The number of carbonyl (C=O) groups is 1. The molecule has 20 heavy (non-hydrogen) atoms. The minimum atomic E-state index is 0.0258. The molecule has 3 nitrogen and oxygen atoms in total. The zero-order chi connectivity index (χ0) is 14.3. The van der Waals surface area contributed by atoms with Crippen LogP contribution in [0.4, 0.5) is 0 Å². The molecule has 108 valence electrons. The summed E-state index contributed by atoms with van der Waals surface area (Å²) in [5, 5.41) is 0.511. The van der Waals surface area contributed by atoms with Crippen molar-refractivity contribution < 1.29 is 4.79 Å². The molecule has 1 heterocycles. The first-order valence-corrected chi connectivity index (χ1v) is 8.23. The number of hydrogen-bond donors (Lipinski definition) is 1. The molecule has 1 saturated carbocycles. The van der Waals surface area contributed by atoms with Gasteiger partial charge in [-0.25, -0.2) is 0 Å². The van der Waals surface area contributed by atoms with Gasteiger partial charge in [0.1, 0.15) is 0 Å². The van der Waals surface area contributed by atoms with Gasteiger partial charge in [0.2, 0.25) is 0 Å². The molecular weight excluding hydrogens is 340 g/mol. The number of carbonyl (C=O) groups excluding carboxylic acids is 1. The van der Waals surface area contributed by atoms with E-state index in [-0.39, 0.29) is 11.9 Å². The van der Waals surface area contributed by atoms with Gasteiger partial charge in [0.25, 0.3) is 5.91 Å². The predicted molar refractivity (Wildman–Crippen MR) is 83.9 cm³/mol. The molecule has 1 aromatic carbocycles. The zero-order valence-electron chi connectivity index (χ0n) is 11.2. The first kappa shape index (κ1) is 14.4. The van der Waals surface area contributed by atoms with E-state index in [2.05, 4.69) is 15.9 Å². The lowest BCUT2D eigenvalue weighted by Gasteiger charge is -2.29. The maximum absolute atomic E-state index is 12.6. The summed E-state index contributed by atoms with van der Waals surface area (Å²) >= 11 is 9.55. The third-order valence-electron chi connectivity index (χ3n) is 4.60. The van der Waals surface area contributed by atoms with Crippen molar-refractivity contribution in [2.24, 2.45) is 17.6 Å². The highest BCUT2D eigenvalue weighted by Gasteiger charge is 2.40. The number of hydrogen-bond acceptors (Lipinski definition) is 2. The average molecular weight is 358 g/mol. The quantitative estimate of drug-likeness (QED) is 0.838. The van der Waals surface area contributed by atoms with Crippen molar-refractivity contribution in [3.63, 3.8) is 0 Å². The first-order chi connectivity index (χ1) is 9.56. The Morgan fingerprint density at radius 1 is 1.35 bits per heavy atom. The van der Waals surface area contributed by atoms with Gasteiger partial charge in [-0.15, -0.1) is 0 Å². The summed E-state index contributed by atoms with van der Waals surface area (Å²) < 4.78 is 0.874. The molecule has 1 saturated heterocycles. The number of halogens is 2. The topological polar surface area (TPSA) is 46.3 Å². The van der Waals surface area contributed by atoms with Crippen LogP contribution in [0.25, 0.3) is 0 Å². The summed E-state index contributed by atoms with van der Waals surface area (Å²) in [6, 6.07) is 5.64. The third kappa shape index (κ3) is 2.61. The van der Waals surface area contributed by atoms with Crippen LogP contribution in [-0.2, 0) is 0 Å². The molecule has 0 aromatic heterocycles. The van der Waals surface area contributed by atoms with Gasteiger partial charge in [-0.3, -0.25) is 4.79 Å².